The first kappa shape index (κ1) is 23.0. The van der Waals surface area contributed by atoms with Crippen molar-refractivity contribution in [2.75, 3.05) is 18.8 Å². The summed E-state index contributed by atoms with van der Waals surface area (Å²) in [6.45, 7) is 6.92. The molecule has 4 rings (SSSR count). The number of aromatic nitrogens is 2. The molecule has 1 aromatic heterocycles. The van der Waals surface area contributed by atoms with Crippen LogP contribution in [0.3, 0.4) is 0 Å². The Hall–Kier alpha value is -3.16. The number of halogens is 2. The van der Waals surface area contributed by atoms with Crippen molar-refractivity contribution < 1.29 is 4.39 Å². The monoisotopic (exact) mass is 466 g/mol. The third kappa shape index (κ3) is 5.61. The second-order valence-electron chi connectivity index (χ2n) is 8.16. The molecule has 0 amide bonds. The van der Waals surface area contributed by atoms with E-state index in [9.17, 15) is 4.39 Å². The lowest BCUT2D eigenvalue weighted by atomic mass is 9.99. The molecule has 2 heterocycles. The summed E-state index contributed by atoms with van der Waals surface area (Å²) in [5.74, 6) is 1.82. The second kappa shape index (κ2) is 10.6. The third-order valence-electron chi connectivity index (χ3n) is 5.77. The summed E-state index contributed by atoms with van der Waals surface area (Å²) in [7, 11) is 0. The second-order valence-corrected chi connectivity index (χ2v) is 8.57. The average Bonchev–Trinajstić information content (AvgIpc) is 3.13. The number of nitrogens with one attached hydrogen (secondary N) is 2. The minimum atomic E-state index is -0.272. The number of nitrogens with zero attached hydrogens (tertiary/aromatic N) is 3. The maximum absolute atomic E-state index is 13.8. The number of nitrogen functional groups attached to an aromatic ring is 1. The molecule has 2 aromatic carbocycles. The van der Waals surface area contributed by atoms with Gasteiger partial charge in [0, 0.05) is 24.2 Å². The maximum atomic E-state index is 13.8. The highest BCUT2D eigenvalue weighted by Crippen LogP contribution is 2.31. The van der Waals surface area contributed by atoms with Gasteiger partial charge in [0.05, 0.1) is 11.2 Å². The number of piperidine rings is 1. The van der Waals surface area contributed by atoms with Crippen molar-refractivity contribution in [2.45, 2.75) is 25.9 Å². The predicted octanol–water partition coefficient (Wildman–Crippen LogP) is 4.60. The Morgan fingerprint density at radius 2 is 2.09 bits per heavy atom. The Balaban J connectivity index is 1.56. The molecular formula is C25H28ClFN6. The molecule has 1 aliphatic rings. The molecule has 1 atom stereocenters. The van der Waals surface area contributed by atoms with Crippen LogP contribution in [0, 0.1) is 11.7 Å². The minimum Gasteiger partial charge on any atom is -0.383 e. The lowest BCUT2D eigenvalue weighted by molar-refractivity contribution is 0.340. The summed E-state index contributed by atoms with van der Waals surface area (Å²) in [5.41, 5.74) is 8.44. The van der Waals surface area contributed by atoms with Crippen LogP contribution < -0.4 is 16.4 Å². The van der Waals surface area contributed by atoms with Gasteiger partial charge in [0.15, 0.2) is 0 Å². The Morgan fingerprint density at radius 1 is 1.30 bits per heavy atom. The molecule has 172 valence electrons. The highest BCUT2D eigenvalue weighted by atomic mass is 35.5. The Kier molecular flexibility index (Phi) is 7.42. The van der Waals surface area contributed by atoms with Crippen LogP contribution in [0.4, 0.5) is 10.2 Å². The van der Waals surface area contributed by atoms with Crippen molar-refractivity contribution in [3.05, 3.63) is 83.0 Å². The van der Waals surface area contributed by atoms with E-state index in [-0.39, 0.29) is 12.4 Å². The van der Waals surface area contributed by atoms with Crippen molar-refractivity contribution in [3.8, 4) is 11.4 Å². The fourth-order valence-electron chi connectivity index (χ4n) is 3.97. The predicted molar refractivity (Wildman–Crippen MR) is 133 cm³/mol. The van der Waals surface area contributed by atoms with Crippen molar-refractivity contribution in [3.63, 3.8) is 0 Å². The van der Waals surface area contributed by atoms with Gasteiger partial charge in [-0.15, -0.1) is 0 Å². The highest BCUT2D eigenvalue weighted by Gasteiger charge is 2.21. The molecule has 0 bridgehead atoms. The molecule has 1 aliphatic heterocycles. The van der Waals surface area contributed by atoms with Gasteiger partial charge >= 0.3 is 0 Å². The van der Waals surface area contributed by atoms with E-state index in [2.05, 4.69) is 22.2 Å². The molecule has 0 saturated carbocycles. The van der Waals surface area contributed by atoms with Crippen LogP contribution in [-0.4, -0.2) is 28.9 Å². The molecule has 0 spiro atoms. The Labute approximate surface area is 198 Å². The number of rotatable bonds is 8. The van der Waals surface area contributed by atoms with Gasteiger partial charge in [-0.2, -0.15) is 0 Å². The van der Waals surface area contributed by atoms with Gasteiger partial charge in [0.25, 0.3) is 0 Å². The van der Waals surface area contributed by atoms with Crippen molar-refractivity contribution in [1.82, 2.24) is 20.2 Å². The fraction of sp³-hybridized carbons (Fsp3) is 0.280. The molecule has 3 aromatic rings. The highest BCUT2D eigenvalue weighted by molar-refractivity contribution is 6.33. The molecule has 33 heavy (non-hydrogen) atoms. The van der Waals surface area contributed by atoms with Gasteiger partial charge in [-0.05, 0) is 50.0 Å². The number of nitrogens with two attached hydrogens (primary N) is 1. The lowest BCUT2D eigenvalue weighted by Crippen LogP contribution is -2.32. The number of hydrogen-bond donors (Lipinski definition) is 3. The van der Waals surface area contributed by atoms with Crippen LogP contribution in [0.25, 0.3) is 11.4 Å². The summed E-state index contributed by atoms with van der Waals surface area (Å²) in [6.07, 6.45) is 3.86. The molecule has 0 radical (unpaired) electrons. The number of anilines is 1. The van der Waals surface area contributed by atoms with E-state index < -0.39 is 0 Å². The molecule has 0 unspecified atom stereocenters. The first-order valence-electron chi connectivity index (χ1n) is 11.0. The summed E-state index contributed by atoms with van der Waals surface area (Å²) in [4.78, 5) is 9.13. The van der Waals surface area contributed by atoms with Crippen LogP contribution in [-0.2, 0) is 13.1 Å². The Bertz CT molecular complexity index is 1150. The van der Waals surface area contributed by atoms with Gasteiger partial charge in [-0.1, -0.05) is 48.5 Å². The standard InChI is InChI=1S/C25H28ClFN6/c1-17(30-14-19-8-2-5-11-22(19)27)31-15-23-24(28)33(16-18-7-6-12-29-13-18)25(32-23)20-9-3-4-10-21(20)26/h2-5,8-11,15,18,29-30H,1,6-7,12-14,16,28H2/t18-/m0/s1. The fourth-order valence-corrected chi connectivity index (χ4v) is 4.19. The lowest BCUT2D eigenvalue weighted by Gasteiger charge is -2.24. The molecule has 6 nitrogen and oxygen atoms in total. The molecule has 0 aliphatic carbocycles. The summed E-state index contributed by atoms with van der Waals surface area (Å²) in [6, 6.07) is 14.2. The van der Waals surface area contributed by atoms with Gasteiger partial charge in [-0.3, -0.25) is 0 Å². The SMILES string of the molecule is C=C(N=Cc1nc(-c2ccccc2Cl)n(C[C@H]2CCCNC2)c1N)NCc1ccccc1F. The normalized spacial score (nSPS) is 16.2. The number of benzene rings is 2. The summed E-state index contributed by atoms with van der Waals surface area (Å²) >= 11 is 6.48. The van der Waals surface area contributed by atoms with E-state index in [1.54, 1.807) is 24.4 Å². The maximum Gasteiger partial charge on any atom is 0.143 e. The van der Waals surface area contributed by atoms with Crippen molar-refractivity contribution in [1.29, 1.82) is 0 Å². The number of hydrogen-bond acceptors (Lipinski definition) is 5. The molecule has 1 fully saturated rings. The van der Waals surface area contributed by atoms with Gasteiger partial charge in [0.1, 0.15) is 29.0 Å². The topological polar surface area (TPSA) is 80.3 Å². The smallest absolute Gasteiger partial charge is 0.143 e. The zero-order valence-electron chi connectivity index (χ0n) is 18.4. The molecule has 8 heteroatoms. The average molecular weight is 467 g/mol. The molecule has 4 N–H and O–H groups in total. The summed E-state index contributed by atoms with van der Waals surface area (Å²) < 4.78 is 15.8. The van der Waals surface area contributed by atoms with Crippen LogP contribution in [0.1, 0.15) is 24.1 Å². The zero-order chi connectivity index (χ0) is 23.2. The van der Waals surface area contributed by atoms with E-state index in [4.69, 9.17) is 22.3 Å². The number of imidazole rings is 1. The largest absolute Gasteiger partial charge is 0.383 e. The van der Waals surface area contributed by atoms with Gasteiger partial charge < -0.3 is 20.9 Å². The van der Waals surface area contributed by atoms with Crippen molar-refractivity contribution in [2.24, 2.45) is 10.9 Å². The third-order valence-corrected chi connectivity index (χ3v) is 6.10. The van der Waals surface area contributed by atoms with E-state index in [0.717, 1.165) is 43.9 Å². The van der Waals surface area contributed by atoms with E-state index in [0.29, 0.717) is 33.8 Å². The summed E-state index contributed by atoms with van der Waals surface area (Å²) in [5, 5.41) is 7.09. The van der Waals surface area contributed by atoms with E-state index in [1.807, 2.05) is 28.8 Å². The quantitative estimate of drug-likeness (QED) is 0.424. The van der Waals surface area contributed by atoms with Crippen molar-refractivity contribution >= 4 is 23.6 Å². The zero-order valence-corrected chi connectivity index (χ0v) is 19.2. The van der Waals surface area contributed by atoms with Crippen LogP contribution >= 0.6 is 11.6 Å². The first-order chi connectivity index (χ1) is 16.0. The van der Waals surface area contributed by atoms with Gasteiger partial charge in [0.2, 0.25) is 0 Å². The minimum absolute atomic E-state index is 0.272. The van der Waals surface area contributed by atoms with E-state index in [1.165, 1.54) is 6.07 Å². The van der Waals surface area contributed by atoms with Gasteiger partial charge in [-0.25, -0.2) is 14.4 Å². The Morgan fingerprint density at radius 3 is 2.85 bits per heavy atom. The van der Waals surface area contributed by atoms with Crippen LogP contribution in [0.15, 0.2) is 65.9 Å². The number of aliphatic imine (C=N–C) groups is 1. The van der Waals surface area contributed by atoms with Crippen LogP contribution in [0.2, 0.25) is 5.02 Å². The first-order valence-corrected chi connectivity index (χ1v) is 11.4. The van der Waals surface area contributed by atoms with E-state index >= 15 is 0 Å². The molecule has 1 saturated heterocycles. The molecular weight excluding hydrogens is 439 g/mol. The van der Waals surface area contributed by atoms with Crippen LogP contribution in [0.5, 0.6) is 0 Å².